The summed E-state index contributed by atoms with van der Waals surface area (Å²) in [5.41, 5.74) is 7.45. The maximum absolute atomic E-state index is 15.1. The summed E-state index contributed by atoms with van der Waals surface area (Å²) in [5, 5.41) is 18.3. The Morgan fingerprint density at radius 1 is 1.15 bits per heavy atom. The van der Waals surface area contributed by atoms with Crippen LogP contribution in [-0.4, -0.2) is 57.2 Å². The molecular formula is C28H30F2N6O3. The molecular weight excluding hydrogens is 506 g/mol. The standard InChI is InChI=1S/C28H30F2N6O3/c1-15-7-16(8-22(31)26(15)38-2)19-5-6-32-12-24(19)34-27-33-11-18-3-4-23(35-36(18)27)25-20(29)9-17(10-21(25)30)28(37)13-39-14-28/h3-6,9-12,15-16,22,26,37H,7-8,13-14,31H2,1-2H3,(H,33,34)/t15-,16+,22+,26+/m0/s1. The Hall–Kier alpha value is -3.51. The van der Waals surface area contributed by atoms with Crippen molar-refractivity contribution >= 4 is 17.2 Å². The number of pyridine rings is 1. The number of methoxy groups -OCH3 is 1. The fourth-order valence-corrected chi connectivity index (χ4v) is 5.86. The number of hydrogen-bond acceptors (Lipinski definition) is 8. The van der Waals surface area contributed by atoms with Gasteiger partial charge in [0.1, 0.15) is 17.2 Å². The highest BCUT2D eigenvalue weighted by Gasteiger charge is 2.39. The predicted molar refractivity (Wildman–Crippen MR) is 140 cm³/mol. The average Bonchev–Trinajstić information content (AvgIpc) is 3.29. The van der Waals surface area contributed by atoms with Crippen molar-refractivity contribution < 1.29 is 23.4 Å². The van der Waals surface area contributed by atoms with Crippen molar-refractivity contribution in [2.75, 3.05) is 25.6 Å². The topological polar surface area (TPSA) is 120 Å². The van der Waals surface area contributed by atoms with Gasteiger partial charge in [-0.1, -0.05) is 6.92 Å². The first-order valence-electron chi connectivity index (χ1n) is 12.9. The lowest BCUT2D eigenvalue weighted by atomic mass is 9.74. The molecule has 0 spiro atoms. The molecule has 0 unspecified atom stereocenters. The fraction of sp³-hybridized carbons (Fsp3) is 0.393. The smallest absolute Gasteiger partial charge is 0.229 e. The highest BCUT2D eigenvalue weighted by molar-refractivity contribution is 5.66. The normalized spacial score (nSPS) is 24.5. The summed E-state index contributed by atoms with van der Waals surface area (Å²) in [4.78, 5) is 8.75. The van der Waals surface area contributed by atoms with Crippen LogP contribution in [0.3, 0.4) is 0 Å². The van der Waals surface area contributed by atoms with Crippen molar-refractivity contribution in [3.63, 3.8) is 0 Å². The number of aliphatic hydroxyl groups is 1. The fourth-order valence-electron chi connectivity index (χ4n) is 5.86. The largest absolute Gasteiger partial charge is 0.380 e. The second kappa shape index (κ2) is 9.91. The summed E-state index contributed by atoms with van der Waals surface area (Å²) in [5.74, 6) is -0.784. The lowest BCUT2D eigenvalue weighted by Gasteiger charge is -2.38. The number of nitrogens with two attached hydrogens (primary N) is 1. The van der Waals surface area contributed by atoms with Crippen molar-refractivity contribution in [2.24, 2.45) is 11.7 Å². The van der Waals surface area contributed by atoms with Gasteiger partial charge < -0.3 is 25.6 Å². The Balaban J connectivity index is 1.32. The van der Waals surface area contributed by atoms with E-state index in [1.54, 1.807) is 31.8 Å². The summed E-state index contributed by atoms with van der Waals surface area (Å²) in [6.45, 7) is 2.14. The van der Waals surface area contributed by atoms with E-state index >= 15 is 8.78 Å². The molecule has 0 radical (unpaired) electrons. The maximum Gasteiger partial charge on any atom is 0.229 e. The molecule has 4 atom stereocenters. The molecule has 1 aromatic carbocycles. The van der Waals surface area contributed by atoms with E-state index in [9.17, 15) is 5.11 Å². The second-order valence-electron chi connectivity index (χ2n) is 10.6. The number of nitrogens with one attached hydrogen (secondary N) is 1. The Morgan fingerprint density at radius 2 is 1.92 bits per heavy atom. The van der Waals surface area contributed by atoms with Gasteiger partial charge in [-0.25, -0.2) is 13.8 Å². The van der Waals surface area contributed by atoms with Crippen molar-refractivity contribution in [2.45, 2.75) is 43.4 Å². The molecule has 6 rings (SSSR count). The van der Waals surface area contributed by atoms with Crippen molar-refractivity contribution in [1.29, 1.82) is 0 Å². The molecule has 1 saturated carbocycles. The number of benzene rings is 1. The Bertz CT molecular complexity index is 1490. The average molecular weight is 537 g/mol. The van der Waals surface area contributed by atoms with Gasteiger partial charge in [0.15, 0.2) is 0 Å². The molecule has 4 N–H and O–H groups in total. The van der Waals surface area contributed by atoms with Gasteiger partial charge in [0.2, 0.25) is 5.95 Å². The van der Waals surface area contributed by atoms with E-state index in [-0.39, 0.29) is 54.0 Å². The van der Waals surface area contributed by atoms with E-state index in [1.165, 1.54) is 10.6 Å². The molecule has 1 aliphatic heterocycles. The molecule has 1 aliphatic carbocycles. The van der Waals surface area contributed by atoms with E-state index in [0.29, 0.717) is 11.5 Å². The first-order valence-corrected chi connectivity index (χ1v) is 12.9. The molecule has 4 heterocycles. The van der Waals surface area contributed by atoms with Crippen LogP contribution in [0.4, 0.5) is 20.4 Å². The van der Waals surface area contributed by atoms with Crippen LogP contribution in [0.25, 0.3) is 16.8 Å². The number of hydrogen-bond donors (Lipinski definition) is 3. The monoisotopic (exact) mass is 536 g/mol. The van der Waals surface area contributed by atoms with Crippen LogP contribution in [0, 0.1) is 17.6 Å². The van der Waals surface area contributed by atoms with Gasteiger partial charge in [-0.15, -0.1) is 0 Å². The summed E-state index contributed by atoms with van der Waals surface area (Å²) < 4.78 is 42.4. The highest BCUT2D eigenvalue weighted by Crippen LogP contribution is 2.40. The minimum Gasteiger partial charge on any atom is -0.380 e. The van der Waals surface area contributed by atoms with Crippen LogP contribution in [0.2, 0.25) is 0 Å². The SMILES string of the molecule is CO[C@H]1[C@H](N)C[C@H](c2ccncc2Nc2ncc3ccc(-c4c(F)cc(C5(O)COC5)cc4F)nn23)C[C@@H]1C. The third-order valence-corrected chi connectivity index (χ3v) is 7.91. The van der Waals surface area contributed by atoms with Crippen molar-refractivity contribution in [1.82, 2.24) is 19.6 Å². The molecule has 11 heteroatoms. The zero-order chi connectivity index (χ0) is 27.3. The number of halogens is 2. The molecule has 0 amide bonds. The van der Waals surface area contributed by atoms with Gasteiger partial charge in [0.05, 0.1) is 54.2 Å². The summed E-state index contributed by atoms with van der Waals surface area (Å²) in [6.07, 6.45) is 6.79. The first kappa shape index (κ1) is 25.8. The highest BCUT2D eigenvalue weighted by atomic mass is 19.1. The number of nitrogens with zero attached hydrogens (tertiary/aromatic N) is 4. The molecule has 2 aliphatic rings. The third kappa shape index (κ3) is 4.55. The molecule has 39 heavy (non-hydrogen) atoms. The lowest BCUT2D eigenvalue weighted by Crippen LogP contribution is -2.46. The summed E-state index contributed by atoms with van der Waals surface area (Å²) in [7, 11) is 1.70. The van der Waals surface area contributed by atoms with E-state index in [2.05, 4.69) is 27.3 Å². The van der Waals surface area contributed by atoms with Crippen LogP contribution in [0.15, 0.2) is 48.9 Å². The summed E-state index contributed by atoms with van der Waals surface area (Å²) >= 11 is 0. The maximum atomic E-state index is 15.1. The van der Waals surface area contributed by atoms with E-state index in [1.807, 2.05) is 6.07 Å². The van der Waals surface area contributed by atoms with Gasteiger partial charge in [-0.3, -0.25) is 4.98 Å². The third-order valence-electron chi connectivity index (χ3n) is 7.91. The van der Waals surface area contributed by atoms with Gasteiger partial charge in [-0.2, -0.15) is 9.61 Å². The van der Waals surface area contributed by atoms with E-state index in [4.69, 9.17) is 15.2 Å². The van der Waals surface area contributed by atoms with Crippen LogP contribution < -0.4 is 11.1 Å². The number of fused-ring (bicyclic) bond motifs is 1. The number of ether oxygens (including phenoxy) is 2. The van der Waals surface area contributed by atoms with Gasteiger partial charge in [-0.05, 0) is 66.1 Å². The number of aromatic nitrogens is 4. The molecule has 2 fully saturated rings. The molecule has 9 nitrogen and oxygen atoms in total. The lowest BCUT2D eigenvalue weighted by molar-refractivity contribution is -0.184. The van der Waals surface area contributed by atoms with Crippen LogP contribution in [0.5, 0.6) is 0 Å². The molecule has 204 valence electrons. The Morgan fingerprint density at radius 3 is 2.59 bits per heavy atom. The van der Waals surface area contributed by atoms with Gasteiger partial charge in [0.25, 0.3) is 0 Å². The van der Waals surface area contributed by atoms with Gasteiger partial charge >= 0.3 is 0 Å². The molecule has 0 bridgehead atoms. The molecule has 1 saturated heterocycles. The Kier molecular flexibility index (Phi) is 6.54. The minimum absolute atomic E-state index is 0.00545. The summed E-state index contributed by atoms with van der Waals surface area (Å²) in [6, 6.07) is 7.38. The minimum atomic E-state index is -1.38. The number of imidazole rings is 1. The quantitative estimate of drug-likeness (QED) is 0.340. The molecule has 3 aromatic heterocycles. The van der Waals surface area contributed by atoms with Crippen LogP contribution in [0.1, 0.15) is 36.8 Å². The van der Waals surface area contributed by atoms with E-state index < -0.39 is 17.2 Å². The predicted octanol–water partition coefficient (Wildman–Crippen LogP) is 3.89. The molecule has 4 aromatic rings. The first-order chi connectivity index (χ1) is 18.8. The van der Waals surface area contributed by atoms with Crippen LogP contribution >= 0.6 is 0 Å². The number of anilines is 2. The van der Waals surface area contributed by atoms with E-state index in [0.717, 1.165) is 36.2 Å². The van der Waals surface area contributed by atoms with Gasteiger partial charge in [0, 0.05) is 19.3 Å². The van der Waals surface area contributed by atoms with Crippen LogP contribution in [-0.2, 0) is 15.1 Å². The number of rotatable bonds is 6. The zero-order valence-corrected chi connectivity index (χ0v) is 21.6. The van der Waals surface area contributed by atoms with Crippen molar-refractivity contribution in [3.8, 4) is 11.3 Å². The second-order valence-corrected chi connectivity index (χ2v) is 10.6. The Labute approximate surface area is 224 Å². The van der Waals surface area contributed by atoms with Crippen molar-refractivity contribution in [3.05, 3.63) is 71.7 Å². The zero-order valence-electron chi connectivity index (χ0n) is 21.6.